The second kappa shape index (κ2) is 6.04. The number of hydrogen-bond donors (Lipinski definition) is 1. The summed E-state index contributed by atoms with van der Waals surface area (Å²) >= 11 is 0. The quantitative estimate of drug-likeness (QED) is 0.896. The third kappa shape index (κ3) is 3.06. The monoisotopic (exact) mass is 259 g/mol. The van der Waals surface area contributed by atoms with Crippen LogP contribution in [0.3, 0.4) is 0 Å². The summed E-state index contributed by atoms with van der Waals surface area (Å²) in [4.78, 5) is 0. The molecule has 19 heavy (non-hydrogen) atoms. The van der Waals surface area contributed by atoms with Gasteiger partial charge in [0, 0.05) is 24.1 Å². The van der Waals surface area contributed by atoms with E-state index in [1.54, 1.807) is 7.11 Å². The fraction of sp³-hybridized carbons (Fsp3) is 0.375. The molecule has 0 aromatic heterocycles. The van der Waals surface area contributed by atoms with Crippen molar-refractivity contribution in [2.24, 2.45) is 5.73 Å². The van der Waals surface area contributed by atoms with Crippen LogP contribution < -0.4 is 10.5 Å². The standard InChI is InChI=1S/C16H21NO2/c1-11(10-18-3)19-16-14(12(2)17)9-8-13-6-4-5-7-15(13)16/h4-9,11-12H,10,17H2,1-3H3. The maximum atomic E-state index is 6.06. The minimum absolute atomic E-state index is 0.00620. The molecule has 0 radical (unpaired) electrons. The van der Waals surface area contributed by atoms with Gasteiger partial charge >= 0.3 is 0 Å². The molecule has 0 heterocycles. The molecule has 0 saturated carbocycles. The van der Waals surface area contributed by atoms with Gasteiger partial charge in [0.05, 0.1) is 6.61 Å². The second-order valence-electron chi connectivity index (χ2n) is 4.88. The van der Waals surface area contributed by atoms with Crippen molar-refractivity contribution in [3.05, 3.63) is 42.0 Å². The Labute approximate surface area is 114 Å². The molecule has 0 saturated heterocycles. The van der Waals surface area contributed by atoms with E-state index < -0.39 is 0 Å². The number of nitrogens with two attached hydrogens (primary N) is 1. The number of hydrogen-bond acceptors (Lipinski definition) is 3. The highest BCUT2D eigenvalue weighted by atomic mass is 16.5. The zero-order valence-electron chi connectivity index (χ0n) is 11.7. The number of benzene rings is 2. The highest BCUT2D eigenvalue weighted by Crippen LogP contribution is 2.33. The molecule has 102 valence electrons. The largest absolute Gasteiger partial charge is 0.487 e. The van der Waals surface area contributed by atoms with Crippen LogP contribution in [0.1, 0.15) is 25.5 Å². The first-order valence-electron chi connectivity index (χ1n) is 6.56. The summed E-state index contributed by atoms with van der Waals surface area (Å²) in [6.45, 7) is 4.52. The predicted molar refractivity (Wildman–Crippen MR) is 78.5 cm³/mol. The van der Waals surface area contributed by atoms with Crippen molar-refractivity contribution in [2.75, 3.05) is 13.7 Å². The van der Waals surface area contributed by atoms with E-state index in [1.807, 2.05) is 32.0 Å². The lowest BCUT2D eigenvalue weighted by molar-refractivity contribution is 0.0922. The van der Waals surface area contributed by atoms with Gasteiger partial charge in [0.1, 0.15) is 11.9 Å². The molecule has 2 N–H and O–H groups in total. The minimum atomic E-state index is -0.0608. The molecule has 2 atom stereocenters. The van der Waals surface area contributed by atoms with E-state index >= 15 is 0 Å². The van der Waals surface area contributed by atoms with Crippen LogP contribution in [0, 0.1) is 0 Å². The average Bonchev–Trinajstić information content (AvgIpc) is 2.39. The van der Waals surface area contributed by atoms with E-state index in [0.717, 1.165) is 22.1 Å². The Kier molecular flexibility index (Phi) is 4.40. The van der Waals surface area contributed by atoms with Gasteiger partial charge in [-0.25, -0.2) is 0 Å². The Hall–Kier alpha value is -1.58. The molecule has 0 spiro atoms. The molecular weight excluding hydrogens is 238 g/mol. The lowest BCUT2D eigenvalue weighted by Crippen LogP contribution is -2.20. The molecule has 0 aliphatic rings. The zero-order valence-corrected chi connectivity index (χ0v) is 11.7. The summed E-state index contributed by atoms with van der Waals surface area (Å²) in [6.07, 6.45) is -0.00620. The van der Waals surface area contributed by atoms with Gasteiger partial charge in [0.25, 0.3) is 0 Å². The summed E-state index contributed by atoms with van der Waals surface area (Å²) < 4.78 is 11.2. The van der Waals surface area contributed by atoms with E-state index in [-0.39, 0.29) is 12.1 Å². The predicted octanol–water partition coefficient (Wildman–Crippen LogP) is 3.27. The zero-order chi connectivity index (χ0) is 13.8. The van der Waals surface area contributed by atoms with E-state index in [2.05, 4.69) is 18.2 Å². The highest BCUT2D eigenvalue weighted by molar-refractivity contribution is 5.89. The van der Waals surface area contributed by atoms with Crippen LogP contribution >= 0.6 is 0 Å². The average molecular weight is 259 g/mol. The second-order valence-corrected chi connectivity index (χ2v) is 4.88. The van der Waals surface area contributed by atoms with Crippen LogP contribution in [0.15, 0.2) is 36.4 Å². The van der Waals surface area contributed by atoms with Crippen LogP contribution in [0.2, 0.25) is 0 Å². The summed E-state index contributed by atoms with van der Waals surface area (Å²) in [5, 5.41) is 2.26. The Balaban J connectivity index is 2.49. The topological polar surface area (TPSA) is 44.5 Å². The van der Waals surface area contributed by atoms with E-state index in [0.29, 0.717) is 6.61 Å². The van der Waals surface area contributed by atoms with Crippen molar-refractivity contribution in [3.8, 4) is 5.75 Å². The third-order valence-corrected chi connectivity index (χ3v) is 3.12. The lowest BCUT2D eigenvalue weighted by Gasteiger charge is -2.20. The van der Waals surface area contributed by atoms with Crippen LogP contribution in [0.4, 0.5) is 0 Å². The highest BCUT2D eigenvalue weighted by Gasteiger charge is 2.14. The first-order chi connectivity index (χ1) is 9.13. The molecule has 2 aromatic carbocycles. The first-order valence-corrected chi connectivity index (χ1v) is 6.56. The number of methoxy groups -OCH3 is 1. The summed E-state index contributed by atoms with van der Waals surface area (Å²) in [6, 6.07) is 12.3. The van der Waals surface area contributed by atoms with E-state index in [1.165, 1.54) is 0 Å². The number of rotatable bonds is 5. The van der Waals surface area contributed by atoms with Crippen molar-refractivity contribution in [1.82, 2.24) is 0 Å². The van der Waals surface area contributed by atoms with Crippen molar-refractivity contribution >= 4 is 10.8 Å². The van der Waals surface area contributed by atoms with Crippen molar-refractivity contribution in [3.63, 3.8) is 0 Å². The Morgan fingerprint density at radius 2 is 1.84 bits per heavy atom. The van der Waals surface area contributed by atoms with Gasteiger partial charge in [0.2, 0.25) is 0 Å². The molecule has 0 aliphatic carbocycles. The van der Waals surface area contributed by atoms with Gasteiger partial charge in [-0.1, -0.05) is 36.4 Å². The molecule has 0 fully saturated rings. The van der Waals surface area contributed by atoms with Gasteiger partial charge in [-0.05, 0) is 19.2 Å². The Morgan fingerprint density at radius 3 is 2.53 bits per heavy atom. The Bertz CT molecular complexity index is 551. The van der Waals surface area contributed by atoms with E-state index in [4.69, 9.17) is 15.2 Å². The van der Waals surface area contributed by atoms with Gasteiger partial charge in [-0.3, -0.25) is 0 Å². The fourth-order valence-corrected chi connectivity index (χ4v) is 2.22. The van der Waals surface area contributed by atoms with Gasteiger partial charge in [-0.2, -0.15) is 0 Å². The van der Waals surface area contributed by atoms with Crippen molar-refractivity contribution in [2.45, 2.75) is 26.0 Å². The van der Waals surface area contributed by atoms with Crippen LogP contribution in [0.25, 0.3) is 10.8 Å². The molecule has 2 aromatic rings. The molecule has 2 unspecified atom stereocenters. The number of fused-ring (bicyclic) bond motifs is 1. The molecule has 3 nitrogen and oxygen atoms in total. The van der Waals surface area contributed by atoms with Crippen LogP contribution in [0.5, 0.6) is 5.75 Å². The molecule has 2 rings (SSSR count). The molecule has 0 amide bonds. The molecule has 0 bridgehead atoms. The lowest BCUT2D eigenvalue weighted by atomic mass is 10.0. The maximum absolute atomic E-state index is 6.06. The molecule has 0 aliphatic heterocycles. The van der Waals surface area contributed by atoms with Gasteiger partial charge < -0.3 is 15.2 Å². The summed E-state index contributed by atoms with van der Waals surface area (Å²) in [5.74, 6) is 0.873. The van der Waals surface area contributed by atoms with Crippen molar-refractivity contribution in [1.29, 1.82) is 0 Å². The minimum Gasteiger partial charge on any atom is -0.487 e. The maximum Gasteiger partial charge on any atom is 0.132 e. The SMILES string of the molecule is COCC(C)Oc1c(C(C)N)ccc2ccccc12. The smallest absolute Gasteiger partial charge is 0.132 e. The van der Waals surface area contributed by atoms with Crippen LogP contribution in [-0.2, 0) is 4.74 Å². The fourth-order valence-electron chi connectivity index (χ4n) is 2.22. The van der Waals surface area contributed by atoms with E-state index in [9.17, 15) is 0 Å². The van der Waals surface area contributed by atoms with Crippen molar-refractivity contribution < 1.29 is 9.47 Å². The summed E-state index contributed by atoms with van der Waals surface area (Å²) in [7, 11) is 1.68. The Morgan fingerprint density at radius 1 is 1.11 bits per heavy atom. The van der Waals surface area contributed by atoms with Gasteiger partial charge in [-0.15, -0.1) is 0 Å². The summed E-state index contributed by atoms with van der Waals surface area (Å²) in [5.41, 5.74) is 7.07. The van der Waals surface area contributed by atoms with Crippen LogP contribution in [-0.4, -0.2) is 19.8 Å². The number of ether oxygens (including phenoxy) is 2. The van der Waals surface area contributed by atoms with Gasteiger partial charge in [0.15, 0.2) is 0 Å². The first kappa shape index (κ1) is 13.8. The molecular formula is C16H21NO2. The molecule has 3 heteroatoms. The third-order valence-electron chi connectivity index (χ3n) is 3.12. The normalized spacial score (nSPS) is 14.3.